The van der Waals surface area contributed by atoms with Crippen LogP contribution in [0.25, 0.3) is 0 Å². The number of hydrogen-bond acceptors (Lipinski definition) is 3. The summed E-state index contributed by atoms with van der Waals surface area (Å²) in [6.07, 6.45) is 3.41. The van der Waals surface area contributed by atoms with E-state index in [-0.39, 0.29) is 30.1 Å². The number of hydrogen-bond donors (Lipinski definition) is 2. The van der Waals surface area contributed by atoms with Crippen LogP contribution in [0.3, 0.4) is 0 Å². The van der Waals surface area contributed by atoms with Gasteiger partial charge in [0.25, 0.3) is 5.91 Å². The van der Waals surface area contributed by atoms with E-state index in [1.54, 1.807) is 0 Å². The number of carbonyl (C=O) groups is 2. The lowest BCUT2D eigenvalue weighted by Crippen LogP contribution is -2.35. The van der Waals surface area contributed by atoms with E-state index in [0.717, 1.165) is 37.1 Å². The van der Waals surface area contributed by atoms with Crippen LogP contribution in [0, 0.1) is 5.92 Å². The quantitative estimate of drug-likeness (QED) is 0.824. The molecule has 24 heavy (non-hydrogen) atoms. The average molecular weight is 354 g/mol. The molecule has 2 N–H and O–H groups in total. The molecule has 1 heterocycles. The summed E-state index contributed by atoms with van der Waals surface area (Å²) in [7, 11) is 1.84. The molecule has 0 saturated carbocycles. The molecule has 0 radical (unpaired) electrons. The van der Waals surface area contributed by atoms with Crippen molar-refractivity contribution in [2.24, 2.45) is 5.92 Å². The lowest BCUT2D eigenvalue weighted by Gasteiger charge is -2.26. The number of nitrogens with one attached hydrogen (secondary N) is 2. The molecule has 6 heteroatoms. The van der Waals surface area contributed by atoms with Gasteiger partial charge in [0.1, 0.15) is 0 Å². The molecule has 1 fully saturated rings. The lowest BCUT2D eigenvalue weighted by atomic mass is 10.1. The van der Waals surface area contributed by atoms with Gasteiger partial charge in [0, 0.05) is 37.7 Å². The molecule has 5 nitrogen and oxygen atoms in total. The van der Waals surface area contributed by atoms with E-state index < -0.39 is 0 Å². The van der Waals surface area contributed by atoms with Crippen molar-refractivity contribution in [2.45, 2.75) is 32.7 Å². The summed E-state index contributed by atoms with van der Waals surface area (Å²) in [5.41, 5.74) is 1.73. The zero-order chi connectivity index (χ0) is 16.7. The normalized spacial score (nSPS) is 15.3. The van der Waals surface area contributed by atoms with Gasteiger partial charge in [0.2, 0.25) is 5.91 Å². The molecular formula is C18H28ClN3O2. The maximum atomic E-state index is 12.4. The monoisotopic (exact) mass is 353 g/mol. The molecule has 1 atom stereocenters. The standard InChI is InChI=1S/C18H27N3O2.ClH/c1-14(12-19-2)17(22)20-13-15-6-8-16(9-7-15)18(23)21-10-4-3-5-11-21;/h6-9,14,19H,3-5,10-13H2,1-2H3,(H,20,22);1H. The number of piperidine rings is 1. The summed E-state index contributed by atoms with van der Waals surface area (Å²) in [6, 6.07) is 7.55. The van der Waals surface area contributed by atoms with Crippen molar-refractivity contribution in [1.82, 2.24) is 15.5 Å². The molecule has 0 spiro atoms. The van der Waals surface area contributed by atoms with Crippen LogP contribution >= 0.6 is 12.4 Å². The largest absolute Gasteiger partial charge is 0.352 e. The van der Waals surface area contributed by atoms with Gasteiger partial charge in [-0.15, -0.1) is 12.4 Å². The summed E-state index contributed by atoms with van der Waals surface area (Å²) in [5.74, 6) is 0.0932. The first kappa shape index (κ1) is 20.5. The van der Waals surface area contributed by atoms with Crippen molar-refractivity contribution in [3.05, 3.63) is 35.4 Å². The Morgan fingerprint density at radius 1 is 1.12 bits per heavy atom. The van der Waals surface area contributed by atoms with Crippen molar-refractivity contribution in [3.8, 4) is 0 Å². The first-order chi connectivity index (χ1) is 11.1. The van der Waals surface area contributed by atoms with Crippen LogP contribution in [0.4, 0.5) is 0 Å². The third-order valence-corrected chi connectivity index (χ3v) is 4.27. The second-order valence-corrected chi connectivity index (χ2v) is 6.23. The highest BCUT2D eigenvalue weighted by Gasteiger charge is 2.18. The molecule has 1 saturated heterocycles. The minimum absolute atomic E-state index is 0. The predicted molar refractivity (Wildman–Crippen MR) is 98.4 cm³/mol. The minimum Gasteiger partial charge on any atom is -0.352 e. The summed E-state index contributed by atoms with van der Waals surface area (Å²) in [5, 5.41) is 5.92. The Morgan fingerprint density at radius 3 is 2.33 bits per heavy atom. The molecule has 134 valence electrons. The fraction of sp³-hybridized carbons (Fsp3) is 0.556. The third kappa shape index (κ3) is 5.80. The van der Waals surface area contributed by atoms with Crippen LogP contribution in [0.15, 0.2) is 24.3 Å². The van der Waals surface area contributed by atoms with Gasteiger partial charge >= 0.3 is 0 Å². The van der Waals surface area contributed by atoms with E-state index in [1.165, 1.54) is 6.42 Å². The molecule has 1 aromatic rings. The summed E-state index contributed by atoms with van der Waals surface area (Å²) < 4.78 is 0. The number of nitrogens with zero attached hydrogens (tertiary/aromatic N) is 1. The molecule has 2 amide bonds. The smallest absolute Gasteiger partial charge is 0.253 e. The highest BCUT2D eigenvalue weighted by Crippen LogP contribution is 2.14. The van der Waals surface area contributed by atoms with Crippen molar-refractivity contribution < 1.29 is 9.59 Å². The topological polar surface area (TPSA) is 61.4 Å². The predicted octanol–water partition coefficient (Wildman–Crippen LogP) is 2.21. The van der Waals surface area contributed by atoms with E-state index in [1.807, 2.05) is 43.1 Å². The minimum atomic E-state index is -0.0556. The van der Waals surface area contributed by atoms with Crippen molar-refractivity contribution in [1.29, 1.82) is 0 Å². The first-order valence-corrected chi connectivity index (χ1v) is 8.42. The highest BCUT2D eigenvalue weighted by molar-refractivity contribution is 5.94. The number of likely N-dealkylation sites (tertiary alicyclic amines) is 1. The average Bonchev–Trinajstić information content (AvgIpc) is 2.60. The van der Waals surface area contributed by atoms with Crippen molar-refractivity contribution in [3.63, 3.8) is 0 Å². The van der Waals surface area contributed by atoms with Crippen LogP contribution in [-0.4, -0.2) is 43.4 Å². The van der Waals surface area contributed by atoms with E-state index in [9.17, 15) is 9.59 Å². The first-order valence-electron chi connectivity index (χ1n) is 8.42. The van der Waals surface area contributed by atoms with Gasteiger partial charge in [-0.1, -0.05) is 19.1 Å². The Labute approximate surface area is 150 Å². The molecule has 2 rings (SSSR count). The molecular weight excluding hydrogens is 326 g/mol. The van der Waals surface area contributed by atoms with E-state index in [2.05, 4.69) is 10.6 Å². The molecule has 0 aromatic heterocycles. The van der Waals surface area contributed by atoms with E-state index in [0.29, 0.717) is 13.1 Å². The van der Waals surface area contributed by atoms with E-state index >= 15 is 0 Å². The van der Waals surface area contributed by atoms with Gasteiger partial charge in [-0.25, -0.2) is 0 Å². The second kappa shape index (κ2) is 10.3. The van der Waals surface area contributed by atoms with Crippen molar-refractivity contribution in [2.75, 3.05) is 26.7 Å². The van der Waals surface area contributed by atoms with Crippen LogP contribution in [0.1, 0.15) is 42.1 Å². The van der Waals surface area contributed by atoms with Gasteiger partial charge in [-0.3, -0.25) is 9.59 Å². The third-order valence-electron chi connectivity index (χ3n) is 4.27. The summed E-state index contributed by atoms with van der Waals surface area (Å²) in [4.78, 5) is 26.2. The zero-order valence-electron chi connectivity index (χ0n) is 14.5. The highest BCUT2D eigenvalue weighted by atomic mass is 35.5. The molecule has 1 aromatic carbocycles. The fourth-order valence-corrected chi connectivity index (χ4v) is 2.81. The number of amides is 2. The second-order valence-electron chi connectivity index (χ2n) is 6.23. The van der Waals surface area contributed by atoms with Gasteiger partial charge in [0.15, 0.2) is 0 Å². The van der Waals surface area contributed by atoms with E-state index in [4.69, 9.17) is 0 Å². The number of benzene rings is 1. The SMILES string of the molecule is CNCC(C)C(=O)NCc1ccc(C(=O)N2CCCCC2)cc1.Cl. The van der Waals surface area contributed by atoms with Crippen molar-refractivity contribution >= 4 is 24.2 Å². The molecule has 1 unspecified atom stereocenters. The fourth-order valence-electron chi connectivity index (χ4n) is 2.81. The Hall–Kier alpha value is -1.59. The molecule has 1 aliphatic rings. The summed E-state index contributed by atoms with van der Waals surface area (Å²) >= 11 is 0. The molecule has 0 bridgehead atoms. The van der Waals surface area contributed by atoms with Crippen LogP contribution in [0.5, 0.6) is 0 Å². The zero-order valence-corrected chi connectivity index (χ0v) is 15.3. The van der Waals surface area contributed by atoms with Gasteiger partial charge in [0.05, 0.1) is 0 Å². The Balaban J connectivity index is 0.00000288. The van der Waals surface area contributed by atoms with Gasteiger partial charge < -0.3 is 15.5 Å². The number of rotatable bonds is 6. The molecule has 1 aliphatic heterocycles. The van der Waals surface area contributed by atoms with Gasteiger partial charge in [-0.2, -0.15) is 0 Å². The van der Waals surface area contributed by atoms with Crippen LogP contribution in [-0.2, 0) is 11.3 Å². The van der Waals surface area contributed by atoms with Crippen LogP contribution < -0.4 is 10.6 Å². The van der Waals surface area contributed by atoms with Crippen LogP contribution in [0.2, 0.25) is 0 Å². The maximum absolute atomic E-state index is 12.4. The Kier molecular flexibility index (Phi) is 8.79. The van der Waals surface area contributed by atoms with Gasteiger partial charge in [-0.05, 0) is 44.0 Å². The summed E-state index contributed by atoms with van der Waals surface area (Å²) in [6.45, 7) is 4.77. The maximum Gasteiger partial charge on any atom is 0.253 e. The molecule has 0 aliphatic carbocycles. The Morgan fingerprint density at radius 2 is 1.75 bits per heavy atom. The number of halogens is 1. The number of carbonyl (C=O) groups excluding carboxylic acids is 2. The lowest BCUT2D eigenvalue weighted by molar-refractivity contribution is -0.124. The Bertz CT molecular complexity index is 528.